The van der Waals surface area contributed by atoms with Crippen LogP contribution in [-0.4, -0.2) is 26.6 Å². The van der Waals surface area contributed by atoms with Gasteiger partial charge < -0.3 is 13.7 Å². The van der Waals surface area contributed by atoms with E-state index in [0.717, 1.165) is 11.2 Å². The lowest BCUT2D eigenvalue weighted by Gasteiger charge is -2.32. The molecule has 0 atom stereocenters. The standard InChI is InChI=1S/C15H24BClO3Si/c1-14(2)15(3,4)20-16(19-14)11-8-12(17)10-13(9-11)18-21(5,6)7/h8-10H,1-7H3. The molecule has 0 bridgehead atoms. The van der Waals surface area contributed by atoms with Crippen LogP contribution in [0.2, 0.25) is 24.7 Å². The highest BCUT2D eigenvalue weighted by molar-refractivity contribution is 6.70. The lowest BCUT2D eigenvalue weighted by Crippen LogP contribution is -2.41. The fourth-order valence-electron chi connectivity index (χ4n) is 2.11. The second kappa shape index (κ2) is 5.30. The van der Waals surface area contributed by atoms with E-state index >= 15 is 0 Å². The van der Waals surface area contributed by atoms with Gasteiger partial charge in [-0.1, -0.05) is 11.6 Å². The average molecular weight is 327 g/mol. The van der Waals surface area contributed by atoms with E-state index in [1.165, 1.54) is 0 Å². The van der Waals surface area contributed by atoms with E-state index in [1.807, 2.05) is 45.9 Å². The van der Waals surface area contributed by atoms with Gasteiger partial charge in [0.2, 0.25) is 8.32 Å². The summed E-state index contributed by atoms with van der Waals surface area (Å²) in [4.78, 5) is 0. The number of hydrogen-bond donors (Lipinski definition) is 0. The molecule has 21 heavy (non-hydrogen) atoms. The number of halogens is 1. The van der Waals surface area contributed by atoms with E-state index in [-0.39, 0.29) is 11.2 Å². The minimum absolute atomic E-state index is 0.361. The van der Waals surface area contributed by atoms with E-state index < -0.39 is 15.4 Å². The van der Waals surface area contributed by atoms with Gasteiger partial charge in [-0.2, -0.15) is 0 Å². The van der Waals surface area contributed by atoms with Gasteiger partial charge in [-0.05, 0) is 71.0 Å². The van der Waals surface area contributed by atoms with Gasteiger partial charge in [0, 0.05) is 5.02 Å². The third kappa shape index (κ3) is 3.83. The molecule has 0 aliphatic carbocycles. The lowest BCUT2D eigenvalue weighted by molar-refractivity contribution is 0.00578. The van der Waals surface area contributed by atoms with Crippen LogP contribution in [0.3, 0.4) is 0 Å². The van der Waals surface area contributed by atoms with Crippen molar-refractivity contribution in [3.8, 4) is 5.75 Å². The smallest absolute Gasteiger partial charge is 0.495 e. The van der Waals surface area contributed by atoms with Crippen LogP contribution in [0.4, 0.5) is 0 Å². The molecule has 116 valence electrons. The van der Waals surface area contributed by atoms with Crippen LogP contribution in [0, 0.1) is 0 Å². The first-order valence-corrected chi connectivity index (χ1v) is 11.0. The molecule has 0 N–H and O–H groups in total. The Hall–Kier alpha value is -0.488. The summed E-state index contributed by atoms with van der Waals surface area (Å²) in [5.41, 5.74) is 0.175. The predicted octanol–water partition coefficient (Wildman–Crippen LogP) is 3.85. The Labute approximate surface area is 134 Å². The number of hydrogen-bond acceptors (Lipinski definition) is 3. The molecular formula is C15H24BClO3Si. The second-order valence-electron chi connectivity index (χ2n) is 7.52. The van der Waals surface area contributed by atoms with E-state index in [4.69, 9.17) is 25.3 Å². The minimum atomic E-state index is -1.68. The lowest BCUT2D eigenvalue weighted by atomic mass is 9.79. The molecule has 1 heterocycles. The topological polar surface area (TPSA) is 27.7 Å². The van der Waals surface area contributed by atoms with Gasteiger partial charge in [0.05, 0.1) is 11.2 Å². The van der Waals surface area contributed by atoms with Crippen molar-refractivity contribution in [1.82, 2.24) is 0 Å². The van der Waals surface area contributed by atoms with Gasteiger partial charge in [-0.25, -0.2) is 0 Å². The number of rotatable bonds is 3. The third-order valence-electron chi connectivity index (χ3n) is 3.84. The van der Waals surface area contributed by atoms with Crippen molar-refractivity contribution in [3.63, 3.8) is 0 Å². The van der Waals surface area contributed by atoms with Gasteiger partial charge in [-0.3, -0.25) is 0 Å². The van der Waals surface area contributed by atoms with Crippen LogP contribution in [0.5, 0.6) is 5.75 Å². The summed E-state index contributed by atoms with van der Waals surface area (Å²) in [6.45, 7) is 14.6. The second-order valence-corrected chi connectivity index (χ2v) is 12.4. The van der Waals surface area contributed by atoms with Crippen molar-refractivity contribution in [2.24, 2.45) is 0 Å². The van der Waals surface area contributed by atoms with Crippen LogP contribution < -0.4 is 9.89 Å². The molecule has 1 aromatic carbocycles. The van der Waals surface area contributed by atoms with Crippen molar-refractivity contribution >= 4 is 32.5 Å². The Morgan fingerprint density at radius 1 is 1.00 bits per heavy atom. The Balaban J connectivity index is 2.30. The zero-order valence-corrected chi connectivity index (χ0v) is 15.7. The Kier molecular flexibility index (Phi) is 4.26. The fraction of sp³-hybridized carbons (Fsp3) is 0.600. The maximum Gasteiger partial charge on any atom is 0.495 e. The van der Waals surface area contributed by atoms with Gasteiger partial charge in [0.1, 0.15) is 5.75 Å². The van der Waals surface area contributed by atoms with E-state index in [1.54, 1.807) is 0 Å². The van der Waals surface area contributed by atoms with Gasteiger partial charge in [0.25, 0.3) is 0 Å². The highest BCUT2D eigenvalue weighted by Gasteiger charge is 2.51. The summed E-state index contributed by atoms with van der Waals surface area (Å²) in [5, 5.41) is 0.635. The third-order valence-corrected chi connectivity index (χ3v) is 4.91. The normalized spacial score (nSPS) is 20.7. The monoisotopic (exact) mass is 326 g/mol. The Morgan fingerprint density at radius 3 is 2.00 bits per heavy atom. The first-order chi connectivity index (χ1) is 9.40. The molecule has 1 aromatic rings. The molecule has 6 heteroatoms. The molecule has 1 fully saturated rings. The quantitative estimate of drug-likeness (QED) is 0.790. The number of benzene rings is 1. The molecule has 0 saturated carbocycles. The molecule has 3 nitrogen and oxygen atoms in total. The molecule has 2 rings (SSSR count). The molecule has 1 aliphatic rings. The molecule has 0 spiro atoms. The molecular weight excluding hydrogens is 303 g/mol. The first-order valence-electron chi connectivity index (χ1n) is 7.25. The molecule has 0 unspecified atom stereocenters. The summed E-state index contributed by atoms with van der Waals surface area (Å²) >= 11 is 6.22. The molecule has 1 aliphatic heterocycles. The van der Waals surface area contributed by atoms with Crippen LogP contribution in [0.25, 0.3) is 0 Å². The first kappa shape index (κ1) is 16.9. The van der Waals surface area contributed by atoms with Crippen molar-refractivity contribution in [2.75, 3.05) is 0 Å². The van der Waals surface area contributed by atoms with Crippen molar-refractivity contribution in [1.29, 1.82) is 0 Å². The Morgan fingerprint density at radius 2 is 1.52 bits per heavy atom. The van der Waals surface area contributed by atoms with Crippen LogP contribution in [0.1, 0.15) is 27.7 Å². The zero-order valence-electron chi connectivity index (χ0n) is 13.9. The summed E-state index contributed by atoms with van der Waals surface area (Å²) in [6.07, 6.45) is 0. The van der Waals surface area contributed by atoms with Crippen molar-refractivity contribution in [2.45, 2.75) is 58.5 Å². The van der Waals surface area contributed by atoms with Crippen LogP contribution >= 0.6 is 11.6 Å². The average Bonchev–Trinajstić information content (AvgIpc) is 2.44. The summed E-state index contributed by atoms with van der Waals surface area (Å²) in [7, 11) is -2.10. The van der Waals surface area contributed by atoms with Crippen LogP contribution in [0.15, 0.2) is 18.2 Å². The SMILES string of the molecule is CC1(C)OB(c2cc(Cl)cc(O[Si](C)(C)C)c2)OC1(C)C. The molecule has 0 radical (unpaired) electrons. The maximum atomic E-state index is 6.22. The Bertz CT molecular complexity index is 524. The van der Waals surface area contributed by atoms with E-state index in [0.29, 0.717) is 5.02 Å². The van der Waals surface area contributed by atoms with Crippen molar-refractivity contribution in [3.05, 3.63) is 23.2 Å². The van der Waals surface area contributed by atoms with E-state index in [9.17, 15) is 0 Å². The fourth-order valence-corrected chi connectivity index (χ4v) is 3.17. The summed E-state index contributed by atoms with van der Waals surface area (Å²) < 4.78 is 18.2. The summed E-state index contributed by atoms with van der Waals surface area (Å²) in [5.74, 6) is 0.784. The van der Waals surface area contributed by atoms with Gasteiger partial charge in [0.15, 0.2) is 0 Å². The van der Waals surface area contributed by atoms with Gasteiger partial charge in [-0.15, -0.1) is 0 Å². The molecule has 1 saturated heterocycles. The van der Waals surface area contributed by atoms with Crippen LogP contribution in [-0.2, 0) is 9.31 Å². The molecule has 0 aromatic heterocycles. The van der Waals surface area contributed by atoms with Crippen molar-refractivity contribution < 1.29 is 13.7 Å². The highest BCUT2D eigenvalue weighted by atomic mass is 35.5. The zero-order chi connectivity index (χ0) is 16.1. The summed E-state index contributed by atoms with van der Waals surface area (Å²) in [6, 6.07) is 5.68. The highest BCUT2D eigenvalue weighted by Crippen LogP contribution is 2.37. The van der Waals surface area contributed by atoms with E-state index in [2.05, 4.69) is 19.6 Å². The molecule has 0 amide bonds. The maximum absolute atomic E-state index is 6.22. The largest absolute Gasteiger partial charge is 0.544 e. The predicted molar refractivity (Wildman–Crippen MR) is 91.1 cm³/mol. The van der Waals surface area contributed by atoms with Gasteiger partial charge >= 0.3 is 7.12 Å². The minimum Gasteiger partial charge on any atom is -0.544 e.